The number of benzene rings is 1. The molecular weight excluding hydrogens is 230 g/mol. The second kappa shape index (κ2) is 4.41. The third-order valence-corrected chi connectivity index (χ3v) is 2.61. The van der Waals surface area contributed by atoms with Crippen molar-refractivity contribution < 1.29 is 14.3 Å². The van der Waals surface area contributed by atoms with E-state index in [-0.39, 0.29) is 5.75 Å². The Morgan fingerprint density at radius 3 is 3.00 bits per heavy atom. The van der Waals surface area contributed by atoms with Gasteiger partial charge in [-0.15, -0.1) is 0 Å². The zero-order chi connectivity index (χ0) is 12.4. The fraction of sp³-hybridized carbons (Fsp3) is 0.0714. The number of hydrogen-bond donors (Lipinski definition) is 1. The van der Waals surface area contributed by atoms with Gasteiger partial charge in [-0.05, 0) is 30.3 Å². The van der Waals surface area contributed by atoms with Gasteiger partial charge in [0.2, 0.25) is 0 Å². The molecule has 0 fully saturated rings. The van der Waals surface area contributed by atoms with E-state index in [4.69, 9.17) is 9.15 Å². The molecule has 0 spiro atoms. The first-order valence-electron chi connectivity index (χ1n) is 5.54. The van der Waals surface area contributed by atoms with Crippen LogP contribution in [0.1, 0.15) is 5.56 Å². The minimum absolute atomic E-state index is 0.140. The molecule has 1 N–H and O–H groups in total. The molecule has 0 radical (unpaired) electrons. The number of aromatic nitrogens is 1. The van der Waals surface area contributed by atoms with Crippen molar-refractivity contribution in [1.82, 2.24) is 4.98 Å². The van der Waals surface area contributed by atoms with E-state index in [1.165, 1.54) is 6.20 Å². The van der Waals surface area contributed by atoms with E-state index in [1.807, 2.05) is 24.3 Å². The number of aromatic hydroxyl groups is 1. The third kappa shape index (κ3) is 2.13. The maximum Gasteiger partial charge on any atom is 0.134 e. The van der Waals surface area contributed by atoms with Crippen molar-refractivity contribution in [2.45, 2.75) is 6.61 Å². The molecule has 2 heterocycles. The van der Waals surface area contributed by atoms with Crippen LogP contribution in [0.3, 0.4) is 0 Å². The van der Waals surface area contributed by atoms with Crippen molar-refractivity contribution in [2.24, 2.45) is 0 Å². The van der Waals surface area contributed by atoms with Crippen LogP contribution in [0.4, 0.5) is 0 Å². The van der Waals surface area contributed by atoms with E-state index in [0.717, 1.165) is 22.3 Å². The van der Waals surface area contributed by atoms with E-state index >= 15 is 0 Å². The summed E-state index contributed by atoms with van der Waals surface area (Å²) in [5.74, 6) is 0.897. The van der Waals surface area contributed by atoms with Gasteiger partial charge in [-0.25, -0.2) is 0 Å². The van der Waals surface area contributed by atoms with E-state index < -0.39 is 0 Å². The molecule has 0 atom stereocenters. The highest BCUT2D eigenvalue weighted by Gasteiger charge is 2.01. The summed E-state index contributed by atoms with van der Waals surface area (Å²) in [7, 11) is 0. The molecule has 1 aromatic carbocycles. The molecule has 0 amide bonds. The summed E-state index contributed by atoms with van der Waals surface area (Å²) in [6.45, 7) is 0.366. The largest absolute Gasteiger partial charge is 0.506 e. The Morgan fingerprint density at radius 2 is 2.11 bits per heavy atom. The van der Waals surface area contributed by atoms with Crippen LogP contribution in [-0.2, 0) is 6.61 Å². The van der Waals surface area contributed by atoms with Gasteiger partial charge in [0.05, 0.1) is 12.5 Å². The fourth-order valence-corrected chi connectivity index (χ4v) is 1.75. The Bertz CT molecular complexity index is 675. The van der Waals surface area contributed by atoms with Gasteiger partial charge in [0.1, 0.15) is 23.7 Å². The van der Waals surface area contributed by atoms with E-state index in [0.29, 0.717) is 6.61 Å². The Morgan fingerprint density at radius 1 is 1.17 bits per heavy atom. The van der Waals surface area contributed by atoms with Crippen molar-refractivity contribution in [3.8, 4) is 11.5 Å². The predicted molar refractivity (Wildman–Crippen MR) is 66.4 cm³/mol. The molecule has 2 aromatic heterocycles. The van der Waals surface area contributed by atoms with Crippen molar-refractivity contribution in [3.63, 3.8) is 0 Å². The van der Waals surface area contributed by atoms with Crippen LogP contribution in [0.5, 0.6) is 11.5 Å². The van der Waals surface area contributed by atoms with Gasteiger partial charge in [0, 0.05) is 17.1 Å². The highest BCUT2D eigenvalue weighted by atomic mass is 16.5. The van der Waals surface area contributed by atoms with Crippen LogP contribution in [0.25, 0.3) is 11.0 Å². The normalized spacial score (nSPS) is 10.7. The number of fused-ring (bicyclic) bond motifs is 1. The van der Waals surface area contributed by atoms with E-state index in [2.05, 4.69) is 4.98 Å². The van der Waals surface area contributed by atoms with Crippen molar-refractivity contribution in [3.05, 3.63) is 54.6 Å². The summed E-state index contributed by atoms with van der Waals surface area (Å²) in [4.78, 5) is 3.89. The smallest absolute Gasteiger partial charge is 0.134 e. The molecule has 0 aliphatic rings. The first-order valence-corrected chi connectivity index (χ1v) is 5.54. The molecule has 18 heavy (non-hydrogen) atoms. The van der Waals surface area contributed by atoms with Gasteiger partial charge in [-0.3, -0.25) is 4.98 Å². The highest BCUT2D eigenvalue weighted by molar-refractivity contribution is 5.78. The van der Waals surface area contributed by atoms with Gasteiger partial charge in [0.15, 0.2) is 0 Å². The van der Waals surface area contributed by atoms with Gasteiger partial charge >= 0.3 is 0 Å². The summed E-state index contributed by atoms with van der Waals surface area (Å²) in [6.07, 6.45) is 4.70. The number of pyridine rings is 1. The standard InChI is InChI=1S/C14H11NO3/c16-12-5-10(7-15-8-12)9-18-13-1-2-14-11(6-13)3-4-17-14/h1-8,16H,9H2. The molecule has 90 valence electrons. The minimum Gasteiger partial charge on any atom is -0.506 e. The monoisotopic (exact) mass is 241 g/mol. The lowest BCUT2D eigenvalue weighted by Gasteiger charge is -2.06. The summed E-state index contributed by atoms with van der Waals surface area (Å²) in [5.41, 5.74) is 1.66. The molecule has 0 saturated heterocycles. The van der Waals surface area contributed by atoms with Crippen LogP contribution in [0.15, 0.2) is 53.4 Å². The minimum atomic E-state index is 0.140. The predicted octanol–water partition coefficient (Wildman–Crippen LogP) is 3.11. The lowest BCUT2D eigenvalue weighted by Crippen LogP contribution is -1.95. The lowest BCUT2D eigenvalue weighted by molar-refractivity contribution is 0.305. The number of rotatable bonds is 3. The molecule has 0 aliphatic heterocycles. The summed E-state index contributed by atoms with van der Waals surface area (Å²) in [5, 5.41) is 10.3. The zero-order valence-electron chi connectivity index (χ0n) is 9.54. The van der Waals surface area contributed by atoms with E-state index in [9.17, 15) is 5.11 Å². The number of ether oxygens (including phenoxy) is 1. The van der Waals surface area contributed by atoms with Gasteiger partial charge in [-0.2, -0.15) is 0 Å². The van der Waals surface area contributed by atoms with Crippen LogP contribution >= 0.6 is 0 Å². The molecule has 3 rings (SSSR count). The van der Waals surface area contributed by atoms with E-state index in [1.54, 1.807) is 18.5 Å². The molecule has 0 aliphatic carbocycles. The molecule has 4 nitrogen and oxygen atoms in total. The van der Waals surface area contributed by atoms with Gasteiger partial charge in [0.25, 0.3) is 0 Å². The number of furan rings is 1. The number of hydrogen-bond acceptors (Lipinski definition) is 4. The molecule has 0 bridgehead atoms. The Balaban J connectivity index is 1.76. The second-order valence-electron chi connectivity index (χ2n) is 3.96. The van der Waals surface area contributed by atoms with Crippen LogP contribution in [0.2, 0.25) is 0 Å². The average Bonchev–Trinajstić information content (AvgIpc) is 2.84. The van der Waals surface area contributed by atoms with Gasteiger partial charge < -0.3 is 14.3 Å². The first kappa shape index (κ1) is 10.7. The maximum atomic E-state index is 9.29. The number of nitrogens with zero attached hydrogens (tertiary/aromatic N) is 1. The highest BCUT2D eigenvalue weighted by Crippen LogP contribution is 2.22. The van der Waals surface area contributed by atoms with Gasteiger partial charge in [-0.1, -0.05) is 0 Å². The van der Waals surface area contributed by atoms with Crippen LogP contribution in [0, 0.1) is 0 Å². The zero-order valence-corrected chi connectivity index (χ0v) is 9.54. The van der Waals surface area contributed by atoms with Crippen LogP contribution in [-0.4, -0.2) is 10.1 Å². The molecule has 4 heteroatoms. The molecular formula is C14H11NO3. The Kier molecular flexibility index (Phi) is 2.61. The quantitative estimate of drug-likeness (QED) is 0.765. The molecule has 0 saturated carbocycles. The Hall–Kier alpha value is -2.49. The average molecular weight is 241 g/mol. The molecule has 3 aromatic rings. The molecule has 0 unspecified atom stereocenters. The Labute approximate surface area is 103 Å². The summed E-state index contributed by atoms with van der Waals surface area (Å²) >= 11 is 0. The van der Waals surface area contributed by atoms with Crippen LogP contribution < -0.4 is 4.74 Å². The van der Waals surface area contributed by atoms with Crippen molar-refractivity contribution in [1.29, 1.82) is 0 Å². The lowest BCUT2D eigenvalue weighted by atomic mass is 10.2. The summed E-state index contributed by atoms with van der Waals surface area (Å²) in [6, 6.07) is 9.14. The second-order valence-corrected chi connectivity index (χ2v) is 3.96. The summed E-state index contributed by atoms with van der Waals surface area (Å²) < 4.78 is 10.9. The SMILES string of the molecule is Oc1cncc(COc2ccc3occc3c2)c1. The third-order valence-electron chi connectivity index (χ3n) is 2.61. The first-order chi connectivity index (χ1) is 8.81. The van der Waals surface area contributed by atoms with Crippen molar-refractivity contribution in [2.75, 3.05) is 0 Å². The fourth-order valence-electron chi connectivity index (χ4n) is 1.75. The maximum absolute atomic E-state index is 9.29. The van der Waals surface area contributed by atoms with Crippen molar-refractivity contribution >= 4 is 11.0 Å². The topological polar surface area (TPSA) is 55.5 Å².